The summed E-state index contributed by atoms with van der Waals surface area (Å²) in [5.74, 6) is 1.40. The van der Waals surface area contributed by atoms with E-state index in [4.69, 9.17) is 9.47 Å². The maximum Gasteiger partial charge on any atom is 0.321 e. The van der Waals surface area contributed by atoms with Crippen molar-refractivity contribution >= 4 is 17.4 Å². The highest BCUT2D eigenvalue weighted by atomic mass is 16.6. The first-order valence-corrected chi connectivity index (χ1v) is 9.38. The third-order valence-corrected chi connectivity index (χ3v) is 5.22. The van der Waals surface area contributed by atoms with Crippen molar-refractivity contribution in [3.63, 3.8) is 0 Å². The van der Waals surface area contributed by atoms with Gasteiger partial charge in [-0.2, -0.15) is 0 Å². The molecule has 6 heteroatoms. The van der Waals surface area contributed by atoms with Crippen molar-refractivity contribution in [3.05, 3.63) is 47.5 Å². The van der Waals surface area contributed by atoms with Gasteiger partial charge in [-0.1, -0.05) is 6.07 Å². The molecule has 2 heterocycles. The minimum atomic E-state index is -0.0774. The minimum Gasteiger partial charge on any atom is -0.486 e. The van der Waals surface area contributed by atoms with E-state index in [1.54, 1.807) is 0 Å². The number of hydrogen-bond donors (Lipinski definition) is 1. The number of carbonyl (C=O) groups excluding carboxylic acids is 1. The lowest BCUT2D eigenvalue weighted by molar-refractivity contribution is 0.171. The number of urea groups is 1. The molecule has 1 fully saturated rings. The van der Waals surface area contributed by atoms with Crippen LogP contribution in [0.25, 0.3) is 0 Å². The Bertz CT molecular complexity index is 845. The predicted octanol–water partition coefficient (Wildman–Crippen LogP) is 3.43. The number of benzene rings is 2. The number of amides is 2. The van der Waals surface area contributed by atoms with E-state index in [0.717, 1.165) is 24.5 Å². The van der Waals surface area contributed by atoms with Crippen LogP contribution in [0.5, 0.6) is 11.5 Å². The molecule has 27 heavy (non-hydrogen) atoms. The smallest absolute Gasteiger partial charge is 0.321 e. The first kappa shape index (κ1) is 17.5. The van der Waals surface area contributed by atoms with E-state index in [1.165, 1.54) is 16.8 Å². The number of nitrogens with zero attached hydrogens (tertiary/aromatic N) is 2. The number of fused-ring (bicyclic) bond motifs is 1. The summed E-state index contributed by atoms with van der Waals surface area (Å²) in [5.41, 5.74) is 4.55. The molecule has 1 saturated heterocycles. The summed E-state index contributed by atoms with van der Waals surface area (Å²) < 4.78 is 11.1. The van der Waals surface area contributed by atoms with Gasteiger partial charge in [0.15, 0.2) is 11.5 Å². The van der Waals surface area contributed by atoms with Crippen molar-refractivity contribution in [2.45, 2.75) is 13.8 Å². The number of rotatable bonds is 2. The summed E-state index contributed by atoms with van der Waals surface area (Å²) >= 11 is 0. The number of hydrogen-bond acceptors (Lipinski definition) is 4. The average Bonchev–Trinajstić information content (AvgIpc) is 2.70. The monoisotopic (exact) mass is 367 g/mol. The summed E-state index contributed by atoms with van der Waals surface area (Å²) in [6.07, 6.45) is 0. The molecule has 1 N–H and O–H groups in total. The molecule has 142 valence electrons. The predicted molar refractivity (Wildman–Crippen MR) is 106 cm³/mol. The van der Waals surface area contributed by atoms with E-state index in [1.807, 2.05) is 23.1 Å². The molecule has 2 aromatic carbocycles. The van der Waals surface area contributed by atoms with Crippen LogP contribution in [-0.2, 0) is 0 Å². The molecule has 0 atom stereocenters. The Balaban J connectivity index is 1.35. The van der Waals surface area contributed by atoms with E-state index in [0.29, 0.717) is 32.1 Å². The summed E-state index contributed by atoms with van der Waals surface area (Å²) in [7, 11) is 0. The lowest BCUT2D eigenvalue weighted by atomic mass is 10.1. The van der Waals surface area contributed by atoms with Crippen molar-refractivity contribution in [2.24, 2.45) is 0 Å². The van der Waals surface area contributed by atoms with Gasteiger partial charge >= 0.3 is 6.03 Å². The van der Waals surface area contributed by atoms with Gasteiger partial charge in [-0.15, -0.1) is 0 Å². The third kappa shape index (κ3) is 3.79. The second-order valence-electron chi connectivity index (χ2n) is 7.03. The molecule has 0 bridgehead atoms. The Labute approximate surface area is 159 Å². The molecular weight excluding hydrogens is 342 g/mol. The summed E-state index contributed by atoms with van der Waals surface area (Å²) in [4.78, 5) is 16.8. The zero-order valence-corrected chi connectivity index (χ0v) is 15.8. The van der Waals surface area contributed by atoms with Gasteiger partial charge in [-0.25, -0.2) is 4.79 Å². The number of aryl methyl sites for hydroxylation is 2. The largest absolute Gasteiger partial charge is 0.486 e. The van der Waals surface area contributed by atoms with Gasteiger partial charge in [0, 0.05) is 43.6 Å². The van der Waals surface area contributed by atoms with Crippen LogP contribution in [0.3, 0.4) is 0 Å². The molecule has 0 spiro atoms. The van der Waals surface area contributed by atoms with Gasteiger partial charge in [0.1, 0.15) is 13.2 Å². The highest BCUT2D eigenvalue weighted by molar-refractivity contribution is 5.90. The third-order valence-electron chi connectivity index (χ3n) is 5.22. The molecule has 0 aromatic heterocycles. The van der Waals surface area contributed by atoms with Crippen LogP contribution < -0.4 is 19.7 Å². The Morgan fingerprint density at radius 2 is 1.63 bits per heavy atom. The highest BCUT2D eigenvalue weighted by Crippen LogP contribution is 2.32. The van der Waals surface area contributed by atoms with E-state index in [9.17, 15) is 4.79 Å². The van der Waals surface area contributed by atoms with E-state index < -0.39 is 0 Å². The van der Waals surface area contributed by atoms with Crippen LogP contribution >= 0.6 is 0 Å². The van der Waals surface area contributed by atoms with Crippen molar-refractivity contribution in [1.82, 2.24) is 4.90 Å². The molecule has 2 aliphatic rings. The molecule has 0 unspecified atom stereocenters. The second kappa shape index (κ2) is 7.39. The number of ether oxygens (including phenoxy) is 2. The number of anilines is 2. The first-order valence-electron chi connectivity index (χ1n) is 9.38. The van der Waals surface area contributed by atoms with Gasteiger partial charge in [0.2, 0.25) is 0 Å². The molecule has 6 nitrogen and oxygen atoms in total. The van der Waals surface area contributed by atoms with Crippen LogP contribution in [0.4, 0.5) is 16.2 Å². The fourth-order valence-electron chi connectivity index (χ4n) is 3.41. The first-order chi connectivity index (χ1) is 13.1. The average molecular weight is 367 g/mol. The minimum absolute atomic E-state index is 0.0774. The van der Waals surface area contributed by atoms with E-state index in [2.05, 4.69) is 42.3 Å². The number of piperazine rings is 1. The zero-order valence-electron chi connectivity index (χ0n) is 15.8. The Morgan fingerprint density at radius 1 is 0.889 bits per heavy atom. The molecule has 2 aromatic rings. The zero-order chi connectivity index (χ0) is 18.8. The highest BCUT2D eigenvalue weighted by Gasteiger charge is 2.22. The van der Waals surface area contributed by atoms with Gasteiger partial charge in [0.25, 0.3) is 0 Å². The Hall–Kier alpha value is -2.89. The van der Waals surface area contributed by atoms with Crippen LogP contribution in [-0.4, -0.2) is 50.3 Å². The maximum atomic E-state index is 12.6. The maximum absolute atomic E-state index is 12.6. The molecule has 0 saturated carbocycles. The number of carbonyl (C=O) groups is 1. The normalized spacial score (nSPS) is 16.2. The Kier molecular flexibility index (Phi) is 4.79. The standard InChI is InChI=1S/C21H25N3O3/c1-15-3-5-18(13-16(15)2)23-7-9-24(10-8-23)21(25)22-17-4-6-19-20(14-17)27-12-11-26-19/h3-6,13-14H,7-12H2,1-2H3,(H,22,25). The second-order valence-corrected chi connectivity index (χ2v) is 7.03. The molecule has 4 rings (SSSR count). The molecule has 0 aliphatic carbocycles. The van der Waals surface area contributed by atoms with Crippen molar-refractivity contribution < 1.29 is 14.3 Å². The van der Waals surface area contributed by atoms with Crippen LogP contribution in [0, 0.1) is 13.8 Å². The van der Waals surface area contributed by atoms with Crippen molar-refractivity contribution in [3.8, 4) is 11.5 Å². The van der Waals surface area contributed by atoms with Crippen LogP contribution in [0.1, 0.15) is 11.1 Å². The molecular formula is C21H25N3O3. The summed E-state index contributed by atoms with van der Waals surface area (Å²) in [5, 5.41) is 2.97. The van der Waals surface area contributed by atoms with Gasteiger partial charge < -0.3 is 24.6 Å². The van der Waals surface area contributed by atoms with Crippen LogP contribution in [0.2, 0.25) is 0 Å². The van der Waals surface area contributed by atoms with Gasteiger partial charge in [-0.3, -0.25) is 0 Å². The fraction of sp³-hybridized carbons (Fsp3) is 0.381. The lowest BCUT2D eigenvalue weighted by Gasteiger charge is -2.36. The SMILES string of the molecule is Cc1ccc(N2CCN(C(=O)Nc3ccc4c(c3)OCCO4)CC2)cc1C. The molecule has 2 amide bonds. The molecule has 2 aliphatic heterocycles. The number of nitrogens with one attached hydrogen (secondary N) is 1. The lowest BCUT2D eigenvalue weighted by Crippen LogP contribution is -2.50. The quantitative estimate of drug-likeness (QED) is 0.884. The fourth-order valence-corrected chi connectivity index (χ4v) is 3.41. The van der Waals surface area contributed by atoms with Crippen molar-refractivity contribution in [2.75, 3.05) is 49.6 Å². The van der Waals surface area contributed by atoms with Gasteiger partial charge in [0.05, 0.1) is 0 Å². The van der Waals surface area contributed by atoms with Gasteiger partial charge in [-0.05, 0) is 49.2 Å². The van der Waals surface area contributed by atoms with Crippen LogP contribution in [0.15, 0.2) is 36.4 Å². The summed E-state index contributed by atoms with van der Waals surface area (Å²) in [6, 6.07) is 12.0. The molecule has 0 radical (unpaired) electrons. The van der Waals surface area contributed by atoms with E-state index >= 15 is 0 Å². The Morgan fingerprint density at radius 3 is 2.37 bits per heavy atom. The topological polar surface area (TPSA) is 54.0 Å². The summed E-state index contributed by atoms with van der Waals surface area (Å²) in [6.45, 7) is 8.41. The van der Waals surface area contributed by atoms with Crippen molar-refractivity contribution in [1.29, 1.82) is 0 Å². The van der Waals surface area contributed by atoms with E-state index in [-0.39, 0.29) is 6.03 Å².